The molecule has 0 radical (unpaired) electrons. The molecule has 0 saturated heterocycles. The fourth-order valence-electron chi connectivity index (χ4n) is 7.21. The quantitative estimate of drug-likeness (QED) is 0.0512. The minimum atomic E-state index is 0.660. The Morgan fingerprint density at radius 1 is 0.365 bits per heavy atom. The third kappa shape index (κ3) is 24.6. The van der Waals surface area contributed by atoms with Gasteiger partial charge in [0, 0.05) is 26.2 Å². The molecule has 2 aromatic carbocycles. The number of hydrogen-bond donors (Lipinski definition) is 0. The monoisotopic (exact) mass is 721 g/mol. The predicted octanol–water partition coefficient (Wildman–Crippen LogP) is 14.3. The fourth-order valence-corrected chi connectivity index (χ4v) is 7.21. The third-order valence-corrected chi connectivity index (χ3v) is 10.6. The Morgan fingerprint density at radius 3 is 0.962 bits per heavy atom. The maximum absolute atomic E-state index is 6.37. The first-order chi connectivity index (χ1) is 25.7. The normalized spacial score (nSPS) is 11.7. The maximum Gasteiger partial charge on any atom is 0.0994 e. The SMILES string of the molecule is CCCCCCCCN(CCCCCCCC)COCc1cccc(-c2cccc(COCN(CCCCCCCC)CCCCCCCC)c2)c1. The Bertz CT molecular complexity index is 943. The molecule has 2 aromatic rings. The van der Waals surface area contributed by atoms with Crippen molar-refractivity contribution in [2.24, 2.45) is 0 Å². The van der Waals surface area contributed by atoms with Crippen molar-refractivity contribution in [2.45, 2.75) is 195 Å². The minimum absolute atomic E-state index is 0.660. The highest BCUT2D eigenvalue weighted by molar-refractivity contribution is 5.64. The van der Waals surface area contributed by atoms with Crippen LogP contribution in [0.5, 0.6) is 0 Å². The van der Waals surface area contributed by atoms with Crippen LogP contribution in [-0.4, -0.2) is 49.4 Å². The molecule has 52 heavy (non-hydrogen) atoms. The van der Waals surface area contributed by atoms with E-state index in [1.165, 1.54) is 176 Å². The van der Waals surface area contributed by atoms with Gasteiger partial charge in [-0.05, 0) is 60.1 Å². The zero-order chi connectivity index (χ0) is 37.2. The van der Waals surface area contributed by atoms with E-state index in [9.17, 15) is 0 Å². The van der Waals surface area contributed by atoms with Crippen molar-refractivity contribution in [3.63, 3.8) is 0 Å². The fraction of sp³-hybridized carbons (Fsp3) is 0.750. The number of ether oxygens (including phenoxy) is 2. The van der Waals surface area contributed by atoms with E-state index in [1.54, 1.807) is 0 Å². The van der Waals surface area contributed by atoms with Crippen LogP contribution >= 0.6 is 0 Å². The van der Waals surface area contributed by atoms with E-state index in [0.29, 0.717) is 13.2 Å². The number of hydrogen-bond acceptors (Lipinski definition) is 4. The molecule has 4 nitrogen and oxygen atoms in total. The van der Waals surface area contributed by atoms with Gasteiger partial charge in [-0.15, -0.1) is 0 Å². The van der Waals surface area contributed by atoms with E-state index in [2.05, 4.69) is 86.0 Å². The molecule has 298 valence electrons. The van der Waals surface area contributed by atoms with Crippen LogP contribution < -0.4 is 0 Å². The molecule has 2 rings (SSSR count). The van der Waals surface area contributed by atoms with Crippen molar-refractivity contribution in [1.29, 1.82) is 0 Å². The summed E-state index contributed by atoms with van der Waals surface area (Å²) < 4.78 is 12.7. The van der Waals surface area contributed by atoms with E-state index in [-0.39, 0.29) is 0 Å². The van der Waals surface area contributed by atoms with Gasteiger partial charge in [0.15, 0.2) is 0 Å². The van der Waals surface area contributed by atoms with Crippen LogP contribution in [0.3, 0.4) is 0 Å². The van der Waals surface area contributed by atoms with E-state index >= 15 is 0 Å². The second-order valence-corrected chi connectivity index (χ2v) is 15.7. The molecule has 4 heteroatoms. The van der Waals surface area contributed by atoms with Crippen LogP contribution in [0.2, 0.25) is 0 Å². The highest BCUT2D eigenvalue weighted by atomic mass is 16.5. The highest BCUT2D eigenvalue weighted by Crippen LogP contribution is 2.23. The van der Waals surface area contributed by atoms with Crippen molar-refractivity contribution < 1.29 is 9.47 Å². The van der Waals surface area contributed by atoms with E-state index in [1.807, 2.05) is 0 Å². The van der Waals surface area contributed by atoms with Crippen molar-refractivity contribution in [3.05, 3.63) is 59.7 Å². The van der Waals surface area contributed by atoms with Crippen molar-refractivity contribution in [3.8, 4) is 11.1 Å². The van der Waals surface area contributed by atoms with Gasteiger partial charge in [-0.3, -0.25) is 9.80 Å². The van der Waals surface area contributed by atoms with Crippen LogP contribution in [0.1, 0.15) is 193 Å². The lowest BCUT2D eigenvalue weighted by atomic mass is 10.0. The summed E-state index contributed by atoms with van der Waals surface area (Å²) >= 11 is 0. The van der Waals surface area contributed by atoms with Crippen molar-refractivity contribution >= 4 is 0 Å². The van der Waals surface area contributed by atoms with E-state index < -0.39 is 0 Å². The molecule has 0 aliphatic heterocycles. The first kappa shape index (κ1) is 46.4. The molecule has 0 bridgehead atoms. The highest BCUT2D eigenvalue weighted by Gasteiger charge is 2.09. The summed E-state index contributed by atoms with van der Waals surface area (Å²) in [6.07, 6.45) is 32.3. The smallest absolute Gasteiger partial charge is 0.0994 e. The van der Waals surface area contributed by atoms with Crippen LogP contribution in [0.4, 0.5) is 0 Å². The standard InChI is InChI=1S/C48H84N2O2/c1-5-9-13-17-21-25-35-49(36-26-22-18-14-10-6-2)43-51-41-45-31-29-33-47(39-45)48-34-30-32-46(40-48)42-52-44-50(37-27-23-19-15-11-7-3)38-28-24-20-16-12-8-4/h29-34,39-40H,5-28,35-38,41-44H2,1-4H3. The lowest BCUT2D eigenvalue weighted by molar-refractivity contribution is 0.0168. The van der Waals surface area contributed by atoms with Crippen LogP contribution in [0.15, 0.2) is 48.5 Å². The Balaban J connectivity index is 1.86. The van der Waals surface area contributed by atoms with E-state index in [0.717, 1.165) is 39.6 Å². The summed E-state index contributed by atoms with van der Waals surface area (Å²) in [5, 5.41) is 0. The van der Waals surface area contributed by atoms with Crippen molar-refractivity contribution in [1.82, 2.24) is 9.80 Å². The molecule has 0 unspecified atom stereocenters. The second kappa shape index (κ2) is 33.8. The predicted molar refractivity (Wildman–Crippen MR) is 228 cm³/mol. The first-order valence-electron chi connectivity index (χ1n) is 22.5. The largest absolute Gasteiger partial charge is 0.361 e. The minimum Gasteiger partial charge on any atom is -0.361 e. The number of benzene rings is 2. The number of nitrogens with zero attached hydrogens (tertiary/aromatic N) is 2. The zero-order valence-electron chi connectivity index (χ0n) is 35.0. The zero-order valence-corrected chi connectivity index (χ0v) is 35.0. The van der Waals surface area contributed by atoms with Gasteiger partial charge < -0.3 is 9.47 Å². The molecule has 0 heterocycles. The van der Waals surface area contributed by atoms with Crippen LogP contribution in [0, 0.1) is 0 Å². The van der Waals surface area contributed by atoms with Gasteiger partial charge in [0.05, 0.1) is 26.7 Å². The van der Waals surface area contributed by atoms with Gasteiger partial charge in [-0.2, -0.15) is 0 Å². The lowest BCUT2D eigenvalue weighted by Gasteiger charge is -2.22. The van der Waals surface area contributed by atoms with Crippen LogP contribution in [-0.2, 0) is 22.7 Å². The molecule has 0 atom stereocenters. The summed E-state index contributed by atoms with van der Waals surface area (Å²) in [6, 6.07) is 17.9. The molecule has 0 saturated carbocycles. The molecule has 0 amide bonds. The Labute approximate surface area is 323 Å². The Kier molecular flexibility index (Phi) is 30.2. The number of unbranched alkanes of at least 4 members (excludes halogenated alkanes) is 20. The molecule has 0 aliphatic carbocycles. The summed E-state index contributed by atoms with van der Waals surface area (Å²) in [5.74, 6) is 0. The molecule has 0 spiro atoms. The second-order valence-electron chi connectivity index (χ2n) is 15.7. The summed E-state index contributed by atoms with van der Waals surface area (Å²) in [5.41, 5.74) is 5.01. The summed E-state index contributed by atoms with van der Waals surface area (Å²) in [7, 11) is 0. The summed E-state index contributed by atoms with van der Waals surface area (Å²) in [6.45, 7) is 16.6. The average molecular weight is 721 g/mol. The molecular formula is C48H84N2O2. The maximum atomic E-state index is 6.37. The van der Waals surface area contributed by atoms with Crippen LogP contribution in [0.25, 0.3) is 11.1 Å². The Hall–Kier alpha value is -1.72. The third-order valence-electron chi connectivity index (χ3n) is 10.6. The molecule has 0 fully saturated rings. The van der Waals surface area contributed by atoms with Gasteiger partial charge in [0.25, 0.3) is 0 Å². The van der Waals surface area contributed by atoms with Crippen molar-refractivity contribution in [2.75, 3.05) is 39.6 Å². The number of rotatable bonds is 37. The Morgan fingerprint density at radius 2 is 0.654 bits per heavy atom. The van der Waals surface area contributed by atoms with E-state index in [4.69, 9.17) is 9.47 Å². The topological polar surface area (TPSA) is 24.9 Å². The lowest BCUT2D eigenvalue weighted by Crippen LogP contribution is -2.28. The molecule has 0 N–H and O–H groups in total. The van der Waals surface area contributed by atoms with Gasteiger partial charge >= 0.3 is 0 Å². The summed E-state index contributed by atoms with van der Waals surface area (Å²) in [4.78, 5) is 5.13. The molecule has 0 aromatic heterocycles. The first-order valence-corrected chi connectivity index (χ1v) is 22.5. The molecule has 0 aliphatic rings. The van der Waals surface area contributed by atoms with Gasteiger partial charge in [-0.1, -0.05) is 193 Å². The van der Waals surface area contributed by atoms with Gasteiger partial charge in [0.1, 0.15) is 0 Å². The molecular weight excluding hydrogens is 637 g/mol. The van der Waals surface area contributed by atoms with Gasteiger partial charge in [0.2, 0.25) is 0 Å². The average Bonchev–Trinajstić information content (AvgIpc) is 3.16. The van der Waals surface area contributed by atoms with Gasteiger partial charge in [-0.25, -0.2) is 0 Å².